The summed E-state index contributed by atoms with van der Waals surface area (Å²) < 4.78 is 0. The topological polar surface area (TPSA) is 47.6 Å². The van der Waals surface area contributed by atoms with Crippen molar-refractivity contribution >= 4 is 25.3 Å². The molecule has 2 nitrogen and oxygen atoms in total. The van der Waals surface area contributed by atoms with Gasteiger partial charge in [-0.15, -0.1) is 0 Å². The first-order valence-electron chi connectivity index (χ1n) is 0.855. The third-order valence-corrected chi connectivity index (χ3v) is 0. The molecule has 0 atom stereocenters. The molecule has 0 aromatic heterocycles. The first-order valence-corrected chi connectivity index (χ1v) is 1.67. The molecule has 0 radical (unpaired) electrons. The number of hydrogen-bond acceptors (Lipinski definition) is 4. The van der Waals surface area contributed by atoms with E-state index >= 15 is 0 Å². The Labute approximate surface area is 47.2 Å². The van der Waals surface area contributed by atoms with E-state index in [1.807, 2.05) is 0 Å². The van der Waals surface area contributed by atoms with Gasteiger partial charge < -0.3 is 25.3 Å². The van der Waals surface area contributed by atoms with Crippen LogP contribution >= 0.6 is 0 Å². The fraction of sp³-hybridized carbons (Fsp3) is 0. The molecule has 0 aliphatic carbocycles. The first kappa shape index (κ1) is 9.05. The summed E-state index contributed by atoms with van der Waals surface area (Å²) in [6.45, 7) is 0. The van der Waals surface area contributed by atoms with Crippen molar-refractivity contribution in [2.24, 2.45) is 0 Å². The minimum Gasteiger partial charge on any atom is -0.696 e. The van der Waals surface area contributed by atoms with Gasteiger partial charge in [-0.3, -0.25) is 0 Å². The van der Waals surface area contributed by atoms with E-state index in [9.17, 15) is 0 Å². The molecule has 0 aromatic rings. The summed E-state index contributed by atoms with van der Waals surface area (Å²) in [6, 6.07) is 0. The number of rotatable bonds is 0. The zero-order chi connectivity index (χ0) is 5.41. The van der Waals surface area contributed by atoms with Crippen LogP contribution in [-0.2, 0) is 25.3 Å². The maximum absolute atomic E-state index is 7.13. The maximum atomic E-state index is 7.13. The molecule has 0 aliphatic rings. The second-order valence-electron chi connectivity index (χ2n) is 0.183. The van der Waals surface area contributed by atoms with Crippen LogP contribution in [0.2, 0.25) is 0 Å². The Kier molecular flexibility index (Phi) is 38.7. The predicted octanol–water partition coefficient (Wildman–Crippen LogP) is 0.0288. The molecule has 0 fully saturated rings. The Bertz CT molecular complexity index is 64.5. The average Bonchev–Trinajstić information content (AvgIpc) is 1.39. The Balaban J connectivity index is 0. The van der Waals surface area contributed by atoms with Crippen LogP contribution in [0.4, 0.5) is 0 Å². The van der Waals surface area contributed by atoms with Gasteiger partial charge in [0.15, 0.2) is 0 Å². The van der Waals surface area contributed by atoms with Crippen molar-refractivity contribution < 1.29 is 0 Å². The second-order valence-corrected chi connectivity index (χ2v) is 0.548. The normalized spacial score (nSPS) is 2.33. The summed E-state index contributed by atoms with van der Waals surface area (Å²) in [5.74, 6) is 0. The molecule has 32 valence electrons. The third kappa shape index (κ3) is 59.5. The van der Waals surface area contributed by atoms with Gasteiger partial charge in [-0.2, -0.15) is 0 Å². The third-order valence-electron chi connectivity index (χ3n) is 0. The molecule has 0 bridgehead atoms. The average molecular weight is 116 g/mol. The molecule has 0 aliphatic heterocycles. The Morgan fingerprint density at radius 1 is 1.00 bits per heavy atom. The van der Waals surface area contributed by atoms with Crippen molar-refractivity contribution in [1.82, 2.24) is 0 Å². The monoisotopic (exact) mass is 116 g/mol. The molecular formula is C2N2S2-2. The Morgan fingerprint density at radius 3 is 1.00 bits per heavy atom. The number of thiocyanates is 2. The van der Waals surface area contributed by atoms with E-state index in [0.29, 0.717) is 0 Å². The molecule has 0 N–H and O–H groups in total. The minimum absolute atomic E-state index is 1.33. The van der Waals surface area contributed by atoms with Gasteiger partial charge in [0.05, 0.1) is 0 Å². The van der Waals surface area contributed by atoms with Gasteiger partial charge in [0.25, 0.3) is 0 Å². The molecule has 0 saturated carbocycles. The first-order chi connectivity index (χ1) is 2.83. The maximum Gasteiger partial charge on any atom is -0.0797 e. The van der Waals surface area contributed by atoms with Crippen molar-refractivity contribution in [2.75, 3.05) is 0 Å². The molecule has 0 saturated heterocycles. The summed E-state index contributed by atoms with van der Waals surface area (Å²) in [5, 5.41) is 16.9. The number of nitriles is 2. The van der Waals surface area contributed by atoms with Gasteiger partial charge in [0.2, 0.25) is 0 Å². The molecule has 0 unspecified atom stereocenters. The van der Waals surface area contributed by atoms with E-state index in [2.05, 4.69) is 25.3 Å². The van der Waals surface area contributed by atoms with E-state index in [-0.39, 0.29) is 0 Å². The fourth-order valence-electron chi connectivity index (χ4n) is 0. The van der Waals surface area contributed by atoms with Gasteiger partial charge in [-0.1, -0.05) is 10.8 Å². The molecule has 6 heavy (non-hydrogen) atoms. The van der Waals surface area contributed by atoms with Crippen molar-refractivity contribution in [3.8, 4) is 10.8 Å². The zero-order valence-corrected chi connectivity index (χ0v) is 4.34. The van der Waals surface area contributed by atoms with Crippen LogP contribution in [0.3, 0.4) is 0 Å². The highest BCUT2D eigenvalue weighted by Crippen LogP contribution is 1.16. The quantitative estimate of drug-likeness (QED) is 0.331. The SMILES string of the molecule is N#C[S-].N#C[S-]. The number of hydrogen-bond donors (Lipinski definition) is 0. The van der Waals surface area contributed by atoms with E-state index in [1.165, 1.54) is 10.8 Å². The molecule has 0 spiro atoms. The lowest BCUT2D eigenvalue weighted by molar-refractivity contribution is 1.57. The molecule has 0 heterocycles. The van der Waals surface area contributed by atoms with Crippen LogP contribution in [0, 0.1) is 21.3 Å². The van der Waals surface area contributed by atoms with E-state index < -0.39 is 0 Å². The van der Waals surface area contributed by atoms with Crippen LogP contribution in [0.5, 0.6) is 0 Å². The zero-order valence-electron chi connectivity index (χ0n) is 2.71. The van der Waals surface area contributed by atoms with Crippen molar-refractivity contribution in [3.63, 3.8) is 0 Å². The van der Waals surface area contributed by atoms with Crippen molar-refractivity contribution in [3.05, 3.63) is 0 Å². The second kappa shape index (κ2) is 25.6. The summed E-state index contributed by atoms with van der Waals surface area (Å²) in [7, 11) is 0. The molecule has 0 aromatic carbocycles. The van der Waals surface area contributed by atoms with Crippen LogP contribution in [0.1, 0.15) is 0 Å². The van der Waals surface area contributed by atoms with E-state index in [4.69, 9.17) is 10.5 Å². The summed E-state index contributed by atoms with van der Waals surface area (Å²) in [4.78, 5) is 0. The van der Waals surface area contributed by atoms with Gasteiger partial charge in [0, 0.05) is 0 Å². The highest BCUT2D eigenvalue weighted by molar-refractivity contribution is 7.64. The summed E-state index contributed by atoms with van der Waals surface area (Å²) >= 11 is 7.40. The van der Waals surface area contributed by atoms with Crippen molar-refractivity contribution in [1.29, 1.82) is 10.5 Å². The van der Waals surface area contributed by atoms with Crippen molar-refractivity contribution in [2.45, 2.75) is 0 Å². The van der Waals surface area contributed by atoms with Gasteiger partial charge in [-0.05, 0) is 0 Å². The summed E-state index contributed by atoms with van der Waals surface area (Å²) in [6.07, 6.45) is 0. The fourth-order valence-corrected chi connectivity index (χ4v) is 0. The van der Waals surface area contributed by atoms with E-state index in [0.717, 1.165) is 0 Å². The highest BCUT2D eigenvalue weighted by Gasteiger charge is 0.869. The lowest BCUT2D eigenvalue weighted by atomic mass is 11.8. The Morgan fingerprint density at radius 2 is 1.00 bits per heavy atom. The lowest BCUT2D eigenvalue weighted by Gasteiger charge is -1.53. The van der Waals surface area contributed by atoms with Crippen LogP contribution in [0.25, 0.3) is 0 Å². The number of nitrogens with zero attached hydrogens (tertiary/aromatic N) is 2. The summed E-state index contributed by atoms with van der Waals surface area (Å²) in [5.41, 5.74) is 0. The molecule has 0 rings (SSSR count). The minimum atomic E-state index is 1.33. The Hall–Kier alpha value is -0.580. The van der Waals surface area contributed by atoms with Crippen LogP contribution in [-0.4, -0.2) is 0 Å². The van der Waals surface area contributed by atoms with Gasteiger partial charge >= 0.3 is 0 Å². The van der Waals surface area contributed by atoms with Crippen LogP contribution in [0.15, 0.2) is 0 Å². The lowest BCUT2D eigenvalue weighted by Crippen LogP contribution is -1.15. The van der Waals surface area contributed by atoms with Crippen LogP contribution < -0.4 is 0 Å². The molecule has 0 amide bonds. The van der Waals surface area contributed by atoms with E-state index in [1.54, 1.807) is 0 Å². The highest BCUT2D eigenvalue weighted by atomic mass is 32.1. The molecule has 4 heteroatoms. The van der Waals surface area contributed by atoms with Gasteiger partial charge in [0.1, 0.15) is 0 Å². The predicted molar refractivity (Wildman–Crippen MR) is 26.0 cm³/mol. The largest absolute Gasteiger partial charge is 0.696 e. The molecular weight excluding hydrogens is 116 g/mol. The standard InChI is InChI=1S/2CHNS/c2*2-1-3/h2*3H/p-2. The van der Waals surface area contributed by atoms with Gasteiger partial charge in [-0.25, -0.2) is 10.5 Å². The smallest absolute Gasteiger partial charge is 0.0797 e.